The molecule has 0 atom stereocenters. The summed E-state index contributed by atoms with van der Waals surface area (Å²) in [5.41, 5.74) is 7.92. The van der Waals surface area contributed by atoms with Gasteiger partial charge in [0.1, 0.15) is 0 Å². The van der Waals surface area contributed by atoms with Crippen LogP contribution in [0.2, 0.25) is 0 Å². The van der Waals surface area contributed by atoms with E-state index in [1.54, 1.807) is 18.2 Å². The predicted octanol–water partition coefficient (Wildman–Crippen LogP) is 3.76. The summed E-state index contributed by atoms with van der Waals surface area (Å²) >= 11 is 2.17. The number of halogens is 2. The number of methoxy groups -OCH3 is 1. The van der Waals surface area contributed by atoms with Crippen molar-refractivity contribution in [3.05, 3.63) is 45.8 Å². The molecule has 0 heterocycles. The van der Waals surface area contributed by atoms with Gasteiger partial charge in [0.15, 0.2) is 11.6 Å². The van der Waals surface area contributed by atoms with Crippen LogP contribution in [0.25, 0.3) is 0 Å². The SMILES string of the molecule is COc1ccc(Nc2ccc(N)cc2I)cc1F. The molecule has 3 nitrogen and oxygen atoms in total. The second-order valence-corrected chi connectivity index (χ2v) is 4.88. The van der Waals surface area contributed by atoms with E-state index in [1.807, 2.05) is 12.1 Å². The monoisotopic (exact) mass is 358 g/mol. The molecule has 2 aromatic carbocycles. The number of nitrogens with one attached hydrogen (secondary N) is 1. The quantitative estimate of drug-likeness (QED) is 0.649. The minimum Gasteiger partial charge on any atom is -0.494 e. The largest absolute Gasteiger partial charge is 0.494 e. The van der Waals surface area contributed by atoms with E-state index in [0.717, 1.165) is 9.26 Å². The molecule has 0 fully saturated rings. The number of anilines is 3. The summed E-state index contributed by atoms with van der Waals surface area (Å²) in [4.78, 5) is 0. The molecule has 0 saturated heterocycles. The number of ether oxygens (including phenoxy) is 1. The average Bonchev–Trinajstić information content (AvgIpc) is 2.33. The lowest BCUT2D eigenvalue weighted by molar-refractivity contribution is 0.386. The van der Waals surface area contributed by atoms with Crippen LogP contribution < -0.4 is 15.8 Å². The first-order valence-corrected chi connectivity index (χ1v) is 6.33. The maximum absolute atomic E-state index is 13.5. The Morgan fingerprint density at radius 2 is 2.00 bits per heavy atom. The van der Waals surface area contributed by atoms with Crippen LogP contribution in [0.5, 0.6) is 5.75 Å². The molecule has 0 spiro atoms. The zero-order valence-corrected chi connectivity index (χ0v) is 11.9. The summed E-state index contributed by atoms with van der Waals surface area (Å²) in [5, 5.41) is 3.13. The Morgan fingerprint density at radius 1 is 1.22 bits per heavy atom. The molecule has 3 N–H and O–H groups in total. The highest BCUT2D eigenvalue weighted by molar-refractivity contribution is 14.1. The molecule has 0 bridgehead atoms. The molecule has 0 amide bonds. The van der Waals surface area contributed by atoms with Crippen molar-refractivity contribution in [2.75, 3.05) is 18.2 Å². The lowest BCUT2D eigenvalue weighted by Crippen LogP contribution is -1.96. The van der Waals surface area contributed by atoms with E-state index >= 15 is 0 Å². The molecular weight excluding hydrogens is 346 g/mol. The van der Waals surface area contributed by atoms with Gasteiger partial charge in [0.2, 0.25) is 0 Å². The molecule has 0 aliphatic heterocycles. The molecule has 0 aliphatic rings. The van der Waals surface area contributed by atoms with Crippen LogP contribution in [-0.4, -0.2) is 7.11 Å². The van der Waals surface area contributed by atoms with Gasteiger partial charge in [-0.15, -0.1) is 0 Å². The van der Waals surface area contributed by atoms with Gasteiger partial charge in [0, 0.05) is 21.0 Å². The van der Waals surface area contributed by atoms with Gasteiger partial charge in [0.25, 0.3) is 0 Å². The summed E-state index contributed by atoms with van der Waals surface area (Å²) in [6.45, 7) is 0. The van der Waals surface area contributed by atoms with E-state index in [-0.39, 0.29) is 5.75 Å². The fourth-order valence-electron chi connectivity index (χ4n) is 1.53. The van der Waals surface area contributed by atoms with Crippen molar-refractivity contribution >= 4 is 39.7 Å². The Morgan fingerprint density at radius 3 is 2.61 bits per heavy atom. The summed E-state index contributed by atoms with van der Waals surface area (Å²) in [5.74, 6) is -0.166. The highest BCUT2D eigenvalue weighted by atomic mass is 127. The molecule has 0 aromatic heterocycles. The van der Waals surface area contributed by atoms with Crippen LogP contribution in [0, 0.1) is 9.39 Å². The van der Waals surface area contributed by atoms with Crippen molar-refractivity contribution in [2.45, 2.75) is 0 Å². The van der Waals surface area contributed by atoms with Gasteiger partial charge in [-0.3, -0.25) is 0 Å². The third-order valence-electron chi connectivity index (χ3n) is 2.42. The van der Waals surface area contributed by atoms with Gasteiger partial charge in [-0.25, -0.2) is 4.39 Å². The second kappa shape index (κ2) is 5.43. The fourth-order valence-corrected chi connectivity index (χ4v) is 2.21. The molecule has 0 radical (unpaired) electrons. The number of rotatable bonds is 3. The van der Waals surface area contributed by atoms with Crippen LogP contribution in [0.4, 0.5) is 21.5 Å². The molecule has 2 rings (SSSR count). The van der Waals surface area contributed by atoms with Gasteiger partial charge >= 0.3 is 0 Å². The summed E-state index contributed by atoms with van der Waals surface area (Å²) in [6, 6.07) is 10.2. The Kier molecular flexibility index (Phi) is 3.90. The number of nitrogens with two attached hydrogens (primary N) is 1. The second-order valence-electron chi connectivity index (χ2n) is 3.71. The topological polar surface area (TPSA) is 47.3 Å². The van der Waals surface area contributed by atoms with Crippen molar-refractivity contribution in [3.8, 4) is 5.75 Å². The van der Waals surface area contributed by atoms with Gasteiger partial charge in [-0.2, -0.15) is 0 Å². The molecule has 0 unspecified atom stereocenters. The summed E-state index contributed by atoms with van der Waals surface area (Å²) in [7, 11) is 1.44. The predicted molar refractivity (Wildman–Crippen MR) is 79.8 cm³/mol. The zero-order valence-electron chi connectivity index (χ0n) is 9.71. The highest BCUT2D eigenvalue weighted by Crippen LogP contribution is 2.27. The third-order valence-corrected chi connectivity index (χ3v) is 3.32. The molecular formula is C13H12FIN2O. The Labute approximate surface area is 118 Å². The number of hydrogen-bond acceptors (Lipinski definition) is 3. The normalized spacial score (nSPS) is 10.2. The van der Waals surface area contributed by atoms with Crippen LogP contribution >= 0.6 is 22.6 Å². The van der Waals surface area contributed by atoms with E-state index in [1.165, 1.54) is 13.2 Å². The minimum absolute atomic E-state index is 0.229. The highest BCUT2D eigenvalue weighted by Gasteiger charge is 2.05. The third kappa shape index (κ3) is 2.84. The van der Waals surface area contributed by atoms with Crippen molar-refractivity contribution in [2.24, 2.45) is 0 Å². The zero-order chi connectivity index (χ0) is 13.1. The van der Waals surface area contributed by atoms with E-state index in [4.69, 9.17) is 10.5 Å². The van der Waals surface area contributed by atoms with Crippen molar-refractivity contribution in [3.63, 3.8) is 0 Å². The van der Waals surface area contributed by atoms with E-state index in [9.17, 15) is 4.39 Å². The van der Waals surface area contributed by atoms with E-state index < -0.39 is 5.82 Å². The Hall–Kier alpha value is -1.50. The van der Waals surface area contributed by atoms with Crippen molar-refractivity contribution in [1.82, 2.24) is 0 Å². The molecule has 2 aromatic rings. The van der Waals surface area contributed by atoms with Crippen LogP contribution in [0.15, 0.2) is 36.4 Å². The van der Waals surface area contributed by atoms with Crippen LogP contribution in [0.3, 0.4) is 0 Å². The summed E-state index contributed by atoms with van der Waals surface area (Å²) in [6.07, 6.45) is 0. The van der Waals surface area contributed by atoms with Crippen LogP contribution in [0.1, 0.15) is 0 Å². The first-order chi connectivity index (χ1) is 8.60. The Balaban J connectivity index is 2.26. The van der Waals surface area contributed by atoms with Gasteiger partial charge < -0.3 is 15.8 Å². The van der Waals surface area contributed by atoms with Crippen molar-refractivity contribution in [1.29, 1.82) is 0 Å². The Bertz CT molecular complexity index is 575. The van der Waals surface area contributed by atoms with E-state index in [0.29, 0.717) is 11.4 Å². The summed E-state index contributed by atoms with van der Waals surface area (Å²) < 4.78 is 19.4. The maximum Gasteiger partial charge on any atom is 0.167 e. The number of hydrogen-bond donors (Lipinski definition) is 2. The van der Waals surface area contributed by atoms with Gasteiger partial charge in [-0.1, -0.05) is 0 Å². The van der Waals surface area contributed by atoms with Crippen LogP contribution in [-0.2, 0) is 0 Å². The standard InChI is InChI=1S/C13H12FIN2O/c1-18-13-5-3-9(7-10(13)14)17-12-4-2-8(16)6-11(12)15/h2-7,17H,16H2,1H3. The van der Waals surface area contributed by atoms with Gasteiger partial charge in [0.05, 0.1) is 12.8 Å². The van der Waals surface area contributed by atoms with E-state index in [2.05, 4.69) is 27.9 Å². The molecule has 5 heteroatoms. The molecule has 94 valence electrons. The molecule has 0 aliphatic carbocycles. The maximum atomic E-state index is 13.5. The average molecular weight is 358 g/mol. The molecule has 0 saturated carbocycles. The molecule has 18 heavy (non-hydrogen) atoms. The first kappa shape index (κ1) is 12.9. The first-order valence-electron chi connectivity index (χ1n) is 5.26. The fraction of sp³-hybridized carbons (Fsp3) is 0.0769. The van der Waals surface area contributed by atoms with Gasteiger partial charge in [-0.05, 0) is 52.9 Å². The minimum atomic E-state index is -0.395. The number of nitrogen functional groups attached to an aromatic ring is 1. The van der Waals surface area contributed by atoms with Crippen molar-refractivity contribution < 1.29 is 9.13 Å². The lowest BCUT2D eigenvalue weighted by atomic mass is 10.2. The smallest absolute Gasteiger partial charge is 0.167 e. The number of benzene rings is 2. The lowest BCUT2D eigenvalue weighted by Gasteiger charge is -2.10.